The molecule has 0 saturated carbocycles. The van der Waals surface area contributed by atoms with Gasteiger partial charge < -0.3 is 15.3 Å². The van der Waals surface area contributed by atoms with E-state index < -0.39 is 5.97 Å². The van der Waals surface area contributed by atoms with Crippen molar-refractivity contribution in [3.05, 3.63) is 11.1 Å². The Morgan fingerprint density at radius 3 is 2.15 bits per heavy atom. The van der Waals surface area contributed by atoms with Gasteiger partial charge in [0.1, 0.15) is 0 Å². The lowest BCUT2D eigenvalue weighted by molar-refractivity contribution is -0.132. The summed E-state index contributed by atoms with van der Waals surface area (Å²) in [5.41, 5.74) is 0.992. The number of aliphatic hydroxyl groups is 2. The van der Waals surface area contributed by atoms with Crippen LogP contribution in [-0.2, 0) is 4.79 Å². The van der Waals surface area contributed by atoms with Crippen LogP contribution in [-0.4, -0.2) is 34.5 Å². The molecule has 13 heavy (non-hydrogen) atoms. The van der Waals surface area contributed by atoms with Crippen molar-refractivity contribution in [3.8, 4) is 0 Å². The van der Waals surface area contributed by atoms with Crippen molar-refractivity contribution < 1.29 is 20.1 Å². The lowest BCUT2D eigenvalue weighted by atomic mass is 10.0. The van der Waals surface area contributed by atoms with E-state index in [1.807, 2.05) is 0 Å². The first-order valence-electron chi connectivity index (χ1n) is 4.27. The molecule has 76 valence electrons. The molecule has 0 aliphatic heterocycles. The summed E-state index contributed by atoms with van der Waals surface area (Å²) in [6.07, 6.45) is 1.45. The fraction of sp³-hybridized carbons (Fsp3) is 0.667. The van der Waals surface area contributed by atoms with Crippen molar-refractivity contribution in [1.29, 1.82) is 0 Å². The third kappa shape index (κ3) is 4.65. The van der Waals surface area contributed by atoms with E-state index >= 15 is 0 Å². The van der Waals surface area contributed by atoms with E-state index in [-0.39, 0.29) is 18.8 Å². The van der Waals surface area contributed by atoms with Crippen LogP contribution in [0.15, 0.2) is 11.1 Å². The highest BCUT2D eigenvalue weighted by Gasteiger charge is 2.08. The van der Waals surface area contributed by atoms with Crippen LogP contribution in [0.2, 0.25) is 0 Å². The molecule has 0 aliphatic rings. The Morgan fingerprint density at radius 2 is 1.77 bits per heavy atom. The van der Waals surface area contributed by atoms with Crippen molar-refractivity contribution in [3.63, 3.8) is 0 Å². The number of hydrogen-bond donors (Lipinski definition) is 3. The number of aliphatic hydroxyl groups excluding tert-OH is 2. The lowest BCUT2D eigenvalue weighted by Gasteiger charge is -2.07. The zero-order valence-electron chi connectivity index (χ0n) is 7.79. The molecule has 0 aromatic carbocycles. The maximum Gasteiger partial charge on any atom is 0.331 e. The quantitative estimate of drug-likeness (QED) is 0.532. The molecule has 0 rings (SSSR count). The normalized spacial score (nSPS) is 12.5. The summed E-state index contributed by atoms with van der Waals surface area (Å²) in [4.78, 5) is 10.6. The van der Waals surface area contributed by atoms with Crippen LogP contribution >= 0.6 is 0 Å². The molecule has 0 spiro atoms. The van der Waals surface area contributed by atoms with Crippen molar-refractivity contribution in [2.75, 3.05) is 13.2 Å². The number of carboxylic acid groups (broad SMARTS) is 1. The van der Waals surface area contributed by atoms with Gasteiger partial charge >= 0.3 is 5.97 Å². The summed E-state index contributed by atoms with van der Waals surface area (Å²) in [7, 11) is 0. The van der Waals surface area contributed by atoms with E-state index in [2.05, 4.69) is 0 Å². The van der Waals surface area contributed by atoms with Crippen LogP contribution in [0.4, 0.5) is 0 Å². The number of hydrogen-bond acceptors (Lipinski definition) is 3. The van der Waals surface area contributed by atoms with Gasteiger partial charge in [0.05, 0.1) is 0 Å². The molecule has 0 unspecified atom stereocenters. The van der Waals surface area contributed by atoms with Crippen LogP contribution in [0.25, 0.3) is 0 Å². The van der Waals surface area contributed by atoms with Gasteiger partial charge in [-0.2, -0.15) is 0 Å². The van der Waals surface area contributed by atoms with E-state index in [0.29, 0.717) is 24.8 Å². The van der Waals surface area contributed by atoms with Gasteiger partial charge in [-0.25, -0.2) is 4.79 Å². The molecule has 0 aromatic rings. The molecule has 0 heterocycles. The predicted octanol–water partition coefficient (Wildman–Crippen LogP) is 0.542. The van der Waals surface area contributed by atoms with Gasteiger partial charge in [0.25, 0.3) is 0 Å². The van der Waals surface area contributed by atoms with Crippen molar-refractivity contribution in [1.82, 2.24) is 0 Å². The predicted molar refractivity (Wildman–Crippen MR) is 48.4 cm³/mol. The number of aliphatic carboxylic acids is 1. The molecule has 0 radical (unpaired) electrons. The largest absolute Gasteiger partial charge is 0.478 e. The molecule has 0 atom stereocenters. The van der Waals surface area contributed by atoms with Crippen LogP contribution < -0.4 is 0 Å². The summed E-state index contributed by atoms with van der Waals surface area (Å²) in [6, 6.07) is 0. The Balaban J connectivity index is 4.37. The molecule has 0 aromatic heterocycles. The average molecular weight is 188 g/mol. The van der Waals surface area contributed by atoms with E-state index in [4.69, 9.17) is 15.3 Å². The maximum absolute atomic E-state index is 10.6. The van der Waals surface area contributed by atoms with Gasteiger partial charge in [0.15, 0.2) is 0 Å². The Morgan fingerprint density at radius 1 is 1.15 bits per heavy atom. The third-order valence-electron chi connectivity index (χ3n) is 1.90. The van der Waals surface area contributed by atoms with E-state index in [1.54, 1.807) is 0 Å². The van der Waals surface area contributed by atoms with E-state index in [0.717, 1.165) is 0 Å². The second kappa shape index (κ2) is 6.62. The van der Waals surface area contributed by atoms with Crippen molar-refractivity contribution in [2.45, 2.75) is 26.2 Å². The number of carbonyl (C=O) groups is 1. The highest BCUT2D eigenvalue weighted by molar-refractivity contribution is 5.86. The highest BCUT2D eigenvalue weighted by atomic mass is 16.4. The SMILES string of the molecule is CC(C(=O)O)=C(CCO)CCCO. The fourth-order valence-corrected chi connectivity index (χ4v) is 1.08. The summed E-state index contributed by atoms with van der Waals surface area (Å²) >= 11 is 0. The summed E-state index contributed by atoms with van der Waals surface area (Å²) < 4.78 is 0. The Bertz CT molecular complexity index is 196. The zero-order chi connectivity index (χ0) is 10.3. The van der Waals surface area contributed by atoms with Gasteiger partial charge in [-0.3, -0.25) is 0 Å². The molecule has 0 bridgehead atoms. The first kappa shape index (κ1) is 12.1. The topological polar surface area (TPSA) is 77.8 Å². The Labute approximate surface area is 77.5 Å². The molecule has 3 N–H and O–H groups in total. The zero-order valence-corrected chi connectivity index (χ0v) is 7.79. The molecular weight excluding hydrogens is 172 g/mol. The van der Waals surface area contributed by atoms with Crippen LogP contribution in [0.5, 0.6) is 0 Å². The fourth-order valence-electron chi connectivity index (χ4n) is 1.08. The van der Waals surface area contributed by atoms with Crippen LogP contribution in [0.3, 0.4) is 0 Å². The van der Waals surface area contributed by atoms with Gasteiger partial charge in [-0.15, -0.1) is 0 Å². The first-order chi connectivity index (χ1) is 6.13. The second-order valence-electron chi connectivity index (χ2n) is 2.83. The summed E-state index contributed by atoms with van der Waals surface area (Å²) in [5, 5.41) is 25.9. The number of carboxylic acids is 1. The average Bonchev–Trinajstić information content (AvgIpc) is 2.11. The molecule has 4 heteroatoms. The van der Waals surface area contributed by atoms with Gasteiger partial charge in [0.2, 0.25) is 0 Å². The standard InChI is InChI=1S/C9H16O4/c1-7(9(12)13)8(4-6-11)3-2-5-10/h10-11H,2-6H2,1H3,(H,12,13). The molecule has 4 nitrogen and oxygen atoms in total. The minimum absolute atomic E-state index is 0.0435. The Kier molecular flexibility index (Phi) is 6.18. The molecular formula is C9H16O4. The smallest absolute Gasteiger partial charge is 0.331 e. The Hall–Kier alpha value is -0.870. The maximum atomic E-state index is 10.6. The minimum Gasteiger partial charge on any atom is -0.478 e. The van der Waals surface area contributed by atoms with Crippen LogP contribution in [0, 0.1) is 0 Å². The summed E-state index contributed by atoms with van der Waals surface area (Å²) in [6.45, 7) is 1.51. The van der Waals surface area contributed by atoms with Crippen molar-refractivity contribution in [2.24, 2.45) is 0 Å². The van der Waals surface area contributed by atoms with Gasteiger partial charge in [-0.1, -0.05) is 5.57 Å². The molecule has 0 aliphatic carbocycles. The first-order valence-corrected chi connectivity index (χ1v) is 4.27. The summed E-state index contributed by atoms with van der Waals surface area (Å²) in [5.74, 6) is -0.957. The van der Waals surface area contributed by atoms with Crippen LogP contribution in [0.1, 0.15) is 26.2 Å². The minimum atomic E-state index is -0.957. The third-order valence-corrected chi connectivity index (χ3v) is 1.90. The molecule has 0 amide bonds. The van der Waals surface area contributed by atoms with Crippen molar-refractivity contribution >= 4 is 5.97 Å². The number of rotatable bonds is 6. The lowest BCUT2D eigenvalue weighted by Crippen LogP contribution is -2.03. The second-order valence-corrected chi connectivity index (χ2v) is 2.83. The highest BCUT2D eigenvalue weighted by Crippen LogP contribution is 2.14. The van der Waals surface area contributed by atoms with E-state index in [1.165, 1.54) is 6.92 Å². The monoisotopic (exact) mass is 188 g/mol. The van der Waals surface area contributed by atoms with Gasteiger partial charge in [-0.05, 0) is 26.2 Å². The van der Waals surface area contributed by atoms with Gasteiger partial charge in [0, 0.05) is 18.8 Å². The van der Waals surface area contributed by atoms with E-state index in [9.17, 15) is 4.79 Å². The molecule has 0 fully saturated rings. The molecule has 0 saturated heterocycles.